The Morgan fingerprint density at radius 2 is 1.67 bits per heavy atom. The monoisotopic (exact) mass is 413 g/mol. The van der Waals surface area contributed by atoms with E-state index in [9.17, 15) is 5.26 Å². The van der Waals surface area contributed by atoms with Crippen LogP contribution in [0.3, 0.4) is 0 Å². The summed E-state index contributed by atoms with van der Waals surface area (Å²) in [5.41, 5.74) is 4.56. The highest BCUT2D eigenvalue weighted by atomic mass is 32.2. The summed E-state index contributed by atoms with van der Waals surface area (Å²) < 4.78 is 11.5. The quantitative estimate of drug-likeness (QED) is 0.348. The van der Waals surface area contributed by atoms with Crippen LogP contribution in [-0.4, -0.2) is 16.8 Å². The molecule has 0 aliphatic carbocycles. The van der Waals surface area contributed by atoms with Crippen molar-refractivity contribution in [2.24, 2.45) is 0 Å². The van der Waals surface area contributed by atoms with Gasteiger partial charge in [-0.1, -0.05) is 66.4 Å². The van der Waals surface area contributed by atoms with Gasteiger partial charge in [-0.25, -0.2) is 0 Å². The highest BCUT2D eigenvalue weighted by Crippen LogP contribution is 2.32. The van der Waals surface area contributed by atoms with Gasteiger partial charge < -0.3 is 9.15 Å². The maximum absolute atomic E-state index is 9.29. The molecular formula is C24H19N3O2S. The van der Waals surface area contributed by atoms with Crippen molar-refractivity contribution in [3.05, 3.63) is 83.9 Å². The summed E-state index contributed by atoms with van der Waals surface area (Å²) in [5, 5.41) is 18.1. The second-order valence-corrected chi connectivity index (χ2v) is 7.37. The molecule has 30 heavy (non-hydrogen) atoms. The molecule has 0 amide bonds. The Labute approximate surface area is 179 Å². The number of nitriles is 1. The van der Waals surface area contributed by atoms with Crippen LogP contribution < -0.4 is 4.74 Å². The molecule has 1 heterocycles. The highest BCUT2D eigenvalue weighted by Gasteiger charge is 2.14. The molecule has 0 saturated carbocycles. The van der Waals surface area contributed by atoms with E-state index in [0.717, 1.165) is 28.0 Å². The van der Waals surface area contributed by atoms with Crippen molar-refractivity contribution in [2.45, 2.75) is 17.9 Å². The lowest BCUT2D eigenvalue weighted by atomic mass is 10.00. The van der Waals surface area contributed by atoms with Gasteiger partial charge in [-0.2, -0.15) is 5.26 Å². The number of hydrogen-bond donors (Lipinski definition) is 0. The Kier molecular flexibility index (Phi) is 6.11. The maximum Gasteiger partial charge on any atom is 0.277 e. The molecule has 0 aliphatic heterocycles. The summed E-state index contributed by atoms with van der Waals surface area (Å²) in [6, 6.07) is 25.6. The molecule has 1 aromatic heterocycles. The zero-order chi connectivity index (χ0) is 20.8. The largest absolute Gasteiger partial charge is 0.493 e. The molecule has 0 fully saturated rings. The predicted octanol–water partition coefficient (Wildman–Crippen LogP) is 5.97. The molecule has 0 radical (unpaired) electrons. The van der Waals surface area contributed by atoms with Gasteiger partial charge in [-0.15, -0.1) is 10.2 Å². The van der Waals surface area contributed by atoms with Gasteiger partial charge >= 0.3 is 0 Å². The lowest BCUT2D eigenvalue weighted by Crippen LogP contribution is -1.93. The van der Waals surface area contributed by atoms with E-state index in [1.54, 1.807) is 0 Å². The number of thioether (sulfide) groups is 1. The van der Waals surface area contributed by atoms with Crippen molar-refractivity contribution >= 4 is 11.8 Å². The van der Waals surface area contributed by atoms with E-state index in [1.165, 1.54) is 11.8 Å². The summed E-state index contributed by atoms with van der Waals surface area (Å²) >= 11 is 1.48. The SMILES string of the molecule is CCOc1ccccc1-c1nnc(SCc2ccc(-c3ccccc3C#N)cc2)o1. The first-order chi connectivity index (χ1) is 14.8. The molecule has 0 spiro atoms. The van der Waals surface area contributed by atoms with Gasteiger partial charge in [0.2, 0.25) is 0 Å². The Morgan fingerprint density at radius 3 is 2.43 bits per heavy atom. The fourth-order valence-corrected chi connectivity index (χ4v) is 3.78. The second-order valence-electron chi connectivity index (χ2n) is 6.45. The standard InChI is InChI=1S/C24H19N3O2S/c1-2-28-22-10-6-5-9-21(22)23-26-27-24(29-23)30-16-17-11-13-18(14-12-17)20-8-4-3-7-19(20)15-25/h3-14H,2,16H2,1H3. The average molecular weight is 414 g/mol. The third-order valence-electron chi connectivity index (χ3n) is 4.50. The number of para-hydroxylation sites is 1. The van der Waals surface area contributed by atoms with Crippen molar-refractivity contribution in [3.8, 4) is 34.4 Å². The summed E-state index contributed by atoms with van der Waals surface area (Å²) in [7, 11) is 0. The van der Waals surface area contributed by atoms with Crippen LogP contribution in [0, 0.1) is 11.3 Å². The van der Waals surface area contributed by atoms with Gasteiger partial charge in [0, 0.05) is 5.75 Å². The summed E-state index contributed by atoms with van der Waals surface area (Å²) in [4.78, 5) is 0. The lowest BCUT2D eigenvalue weighted by Gasteiger charge is -2.06. The number of benzene rings is 3. The van der Waals surface area contributed by atoms with Crippen LogP contribution >= 0.6 is 11.8 Å². The van der Waals surface area contributed by atoms with Crippen LogP contribution in [0.1, 0.15) is 18.1 Å². The highest BCUT2D eigenvalue weighted by molar-refractivity contribution is 7.98. The molecule has 4 rings (SSSR count). The molecule has 0 unspecified atom stereocenters. The van der Waals surface area contributed by atoms with Gasteiger partial charge in [0.05, 0.1) is 23.8 Å². The van der Waals surface area contributed by atoms with E-state index in [-0.39, 0.29) is 0 Å². The number of aromatic nitrogens is 2. The number of rotatable bonds is 7. The van der Waals surface area contributed by atoms with Crippen LogP contribution in [0.5, 0.6) is 5.75 Å². The Bertz CT molecular complexity index is 1180. The van der Waals surface area contributed by atoms with E-state index < -0.39 is 0 Å². The normalized spacial score (nSPS) is 10.5. The van der Waals surface area contributed by atoms with E-state index in [0.29, 0.717) is 29.0 Å². The van der Waals surface area contributed by atoms with Gasteiger partial charge in [-0.05, 0) is 41.8 Å². The Morgan fingerprint density at radius 1 is 0.933 bits per heavy atom. The molecule has 4 aromatic rings. The van der Waals surface area contributed by atoms with Crippen LogP contribution in [0.2, 0.25) is 0 Å². The molecule has 0 saturated heterocycles. The minimum atomic E-state index is 0.449. The number of hydrogen-bond acceptors (Lipinski definition) is 6. The van der Waals surface area contributed by atoms with Crippen molar-refractivity contribution in [3.63, 3.8) is 0 Å². The Balaban J connectivity index is 1.44. The second kappa shape index (κ2) is 9.29. The summed E-state index contributed by atoms with van der Waals surface area (Å²) in [6.07, 6.45) is 0. The van der Waals surface area contributed by atoms with Crippen molar-refractivity contribution < 1.29 is 9.15 Å². The van der Waals surface area contributed by atoms with Crippen LogP contribution in [0.4, 0.5) is 0 Å². The van der Waals surface area contributed by atoms with E-state index >= 15 is 0 Å². The fourth-order valence-electron chi connectivity index (χ4n) is 3.06. The average Bonchev–Trinajstić information content (AvgIpc) is 3.27. The van der Waals surface area contributed by atoms with Crippen molar-refractivity contribution in [2.75, 3.05) is 6.61 Å². The van der Waals surface area contributed by atoms with E-state index in [4.69, 9.17) is 9.15 Å². The molecule has 0 aliphatic rings. The minimum Gasteiger partial charge on any atom is -0.493 e. The topological polar surface area (TPSA) is 71.9 Å². The zero-order valence-corrected chi connectivity index (χ0v) is 17.2. The smallest absolute Gasteiger partial charge is 0.277 e. The third-order valence-corrected chi connectivity index (χ3v) is 5.39. The van der Waals surface area contributed by atoms with E-state index in [2.05, 4.69) is 28.4 Å². The molecule has 148 valence electrons. The molecule has 0 bridgehead atoms. The summed E-state index contributed by atoms with van der Waals surface area (Å²) in [5.74, 6) is 1.88. The van der Waals surface area contributed by atoms with Crippen LogP contribution in [-0.2, 0) is 5.75 Å². The number of nitrogens with zero attached hydrogens (tertiary/aromatic N) is 3. The van der Waals surface area contributed by atoms with Crippen LogP contribution in [0.25, 0.3) is 22.6 Å². The fraction of sp³-hybridized carbons (Fsp3) is 0.125. The minimum absolute atomic E-state index is 0.449. The number of ether oxygens (including phenoxy) is 1. The lowest BCUT2D eigenvalue weighted by molar-refractivity contribution is 0.340. The predicted molar refractivity (Wildman–Crippen MR) is 117 cm³/mol. The first-order valence-corrected chi connectivity index (χ1v) is 10.5. The van der Waals surface area contributed by atoms with Crippen molar-refractivity contribution in [1.82, 2.24) is 10.2 Å². The molecule has 6 heteroatoms. The van der Waals surface area contributed by atoms with Gasteiger partial charge in [0.15, 0.2) is 0 Å². The Hall–Kier alpha value is -3.56. The first-order valence-electron chi connectivity index (χ1n) is 9.55. The molecule has 0 N–H and O–H groups in total. The zero-order valence-electron chi connectivity index (χ0n) is 16.4. The molecule has 5 nitrogen and oxygen atoms in total. The van der Waals surface area contributed by atoms with Crippen LogP contribution in [0.15, 0.2) is 82.4 Å². The first kappa shape index (κ1) is 19.7. The van der Waals surface area contributed by atoms with Gasteiger partial charge in [-0.3, -0.25) is 0 Å². The third kappa shape index (κ3) is 4.37. The molecule has 3 aromatic carbocycles. The van der Waals surface area contributed by atoms with E-state index in [1.807, 2.05) is 67.6 Å². The van der Waals surface area contributed by atoms with Crippen molar-refractivity contribution in [1.29, 1.82) is 5.26 Å². The molecule has 0 atom stereocenters. The van der Waals surface area contributed by atoms with Gasteiger partial charge in [0.25, 0.3) is 11.1 Å². The maximum atomic E-state index is 9.29. The van der Waals surface area contributed by atoms with Gasteiger partial charge in [0.1, 0.15) is 5.75 Å². The molecular weight excluding hydrogens is 394 g/mol. The summed E-state index contributed by atoms with van der Waals surface area (Å²) in [6.45, 7) is 2.51.